The zero-order valence-corrected chi connectivity index (χ0v) is 6.65. The summed E-state index contributed by atoms with van der Waals surface area (Å²) in [7, 11) is 1.80. The lowest BCUT2D eigenvalue weighted by atomic mass is 10.4. The van der Waals surface area contributed by atoms with Gasteiger partial charge in [-0.3, -0.25) is 4.68 Å². The summed E-state index contributed by atoms with van der Waals surface area (Å²) in [5.41, 5.74) is 0.975. The minimum atomic E-state index is 0.646. The summed E-state index contributed by atoms with van der Waals surface area (Å²) in [5.74, 6) is 0.646. The monoisotopic (exact) mass is 162 g/mol. The number of hydrogen-bond acceptors (Lipinski definition) is 2. The third-order valence-corrected chi connectivity index (χ3v) is 1.93. The van der Waals surface area contributed by atoms with E-state index >= 15 is 0 Å². The van der Waals surface area contributed by atoms with Crippen LogP contribution in [0, 0.1) is 0 Å². The van der Waals surface area contributed by atoms with Gasteiger partial charge in [-0.25, -0.2) is 0 Å². The molecular formula is C5H7ClN2S. The van der Waals surface area contributed by atoms with Crippen LogP contribution in [0.4, 0.5) is 0 Å². The van der Waals surface area contributed by atoms with Gasteiger partial charge in [-0.15, -0.1) is 0 Å². The lowest BCUT2D eigenvalue weighted by Crippen LogP contribution is -1.88. The van der Waals surface area contributed by atoms with Crippen molar-refractivity contribution in [3.05, 3.63) is 16.9 Å². The molecule has 0 fully saturated rings. The average Bonchev–Trinajstić information content (AvgIpc) is 2.15. The number of aryl methyl sites for hydroxylation is 1. The van der Waals surface area contributed by atoms with Gasteiger partial charge in [-0.05, 0) is 0 Å². The first-order valence-electron chi connectivity index (χ1n) is 2.53. The van der Waals surface area contributed by atoms with E-state index in [1.54, 1.807) is 17.9 Å². The fraction of sp³-hybridized carbons (Fsp3) is 0.400. The van der Waals surface area contributed by atoms with Crippen LogP contribution in [0.3, 0.4) is 0 Å². The molecule has 0 unspecified atom stereocenters. The Balaban J connectivity index is 3.04. The van der Waals surface area contributed by atoms with Crippen LogP contribution in [0.1, 0.15) is 5.56 Å². The van der Waals surface area contributed by atoms with Crippen LogP contribution < -0.4 is 0 Å². The van der Waals surface area contributed by atoms with E-state index in [0.29, 0.717) is 10.9 Å². The molecule has 1 rings (SSSR count). The molecule has 1 aromatic heterocycles. The molecule has 0 aliphatic carbocycles. The van der Waals surface area contributed by atoms with Gasteiger partial charge in [0.2, 0.25) is 0 Å². The van der Waals surface area contributed by atoms with Gasteiger partial charge >= 0.3 is 0 Å². The molecule has 0 aliphatic rings. The maximum atomic E-state index is 5.76. The number of nitrogens with zero attached hydrogens (tertiary/aromatic N) is 2. The first kappa shape index (κ1) is 6.96. The van der Waals surface area contributed by atoms with Crippen LogP contribution >= 0.6 is 24.2 Å². The van der Waals surface area contributed by atoms with E-state index in [4.69, 9.17) is 11.6 Å². The SMILES string of the molecule is Cn1ncc(CS)c1Cl. The molecule has 0 bridgehead atoms. The molecule has 4 heteroatoms. The Morgan fingerprint density at radius 3 is 2.78 bits per heavy atom. The summed E-state index contributed by atoms with van der Waals surface area (Å²) in [6.07, 6.45) is 1.72. The van der Waals surface area contributed by atoms with Gasteiger partial charge < -0.3 is 0 Å². The standard InChI is InChI=1S/C5H7ClN2S/c1-8-5(6)4(3-9)2-7-8/h2,9H,3H2,1H3. The van der Waals surface area contributed by atoms with Crippen molar-refractivity contribution in [3.63, 3.8) is 0 Å². The quantitative estimate of drug-likeness (QED) is 0.620. The highest BCUT2D eigenvalue weighted by molar-refractivity contribution is 7.79. The Labute approximate surface area is 64.2 Å². The van der Waals surface area contributed by atoms with Gasteiger partial charge in [0.1, 0.15) is 5.15 Å². The van der Waals surface area contributed by atoms with Crippen LogP contribution in [0.15, 0.2) is 6.20 Å². The van der Waals surface area contributed by atoms with Crippen LogP contribution in [0.5, 0.6) is 0 Å². The van der Waals surface area contributed by atoms with Crippen molar-refractivity contribution in [1.82, 2.24) is 9.78 Å². The van der Waals surface area contributed by atoms with Crippen molar-refractivity contribution in [2.24, 2.45) is 7.05 Å². The van der Waals surface area contributed by atoms with E-state index in [1.165, 1.54) is 0 Å². The van der Waals surface area contributed by atoms with Crippen molar-refractivity contribution in [3.8, 4) is 0 Å². The minimum absolute atomic E-state index is 0.646. The molecule has 0 aliphatic heterocycles. The van der Waals surface area contributed by atoms with Crippen molar-refractivity contribution in [1.29, 1.82) is 0 Å². The van der Waals surface area contributed by atoms with Crippen LogP contribution in [0.2, 0.25) is 5.15 Å². The zero-order valence-electron chi connectivity index (χ0n) is 5.00. The predicted octanol–water partition coefficient (Wildman–Crippen LogP) is 1.50. The first-order chi connectivity index (χ1) is 4.25. The second-order valence-corrected chi connectivity index (χ2v) is 2.42. The zero-order chi connectivity index (χ0) is 6.85. The summed E-state index contributed by atoms with van der Waals surface area (Å²) >= 11 is 9.82. The fourth-order valence-electron chi connectivity index (χ4n) is 0.574. The molecule has 2 nitrogen and oxygen atoms in total. The normalized spacial score (nSPS) is 10.1. The highest BCUT2D eigenvalue weighted by atomic mass is 35.5. The van der Waals surface area contributed by atoms with Crippen molar-refractivity contribution >= 4 is 24.2 Å². The summed E-state index contributed by atoms with van der Waals surface area (Å²) in [4.78, 5) is 0. The Morgan fingerprint density at radius 2 is 2.56 bits per heavy atom. The van der Waals surface area contributed by atoms with Gasteiger partial charge in [0.25, 0.3) is 0 Å². The molecular weight excluding hydrogens is 156 g/mol. The molecule has 0 N–H and O–H groups in total. The van der Waals surface area contributed by atoms with Crippen molar-refractivity contribution < 1.29 is 0 Å². The third kappa shape index (κ3) is 1.22. The lowest BCUT2D eigenvalue weighted by molar-refractivity contribution is 0.768. The van der Waals surface area contributed by atoms with Gasteiger partial charge in [-0.1, -0.05) is 11.6 Å². The molecule has 0 saturated heterocycles. The number of hydrogen-bond donors (Lipinski definition) is 1. The number of rotatable bonds is 1. The van der Waals surface area contributed by atoms with Gasteiger partial charge in [0.15, 0.2) is 0 Å². The van der Waals surface area contributed by atoms with Crippen LogP contribution in [-0.2, 0) is 12.8 Å². The Morgan fingerprint density at radius 1 is 1.89 bits per heavy atom. The summed E-state index contributed by atoms with van der Waals surface area (Å²) < 4.78 is 1.62. The molecule has 0 radical (unpaired) electrons. The van der Waals surface area contributed by atoms with E-state index < -0.39 is 0 Å². The average molecular weight is 163 g/mol. The summed E-state index contributed by atoms with van der Waals surface area (Å²) in [5, 5.41) is 4.59. The fourth-order valence-corrected chi connectivity index (χ4v) is 1.06. The van der Waals surface area contributed by atoms with E-state index in [0.717, 1.165) is 5.56 Å². The summed E-state index contributed by atoms with van der Waals surface area (Å²) in [6, 6.07) is 0. The Hall–Kier alpha value is -0.150. The molecule has 9 heavy (non-hydrogen) atoms. The third-order valence-electron chi connectivity index (χ3n) is 1.11. The maximum Gasteiger partial charge on any atom is 0.130 e. The molecule has 0 saturated carbocycles. The van der Waals surface area contributed by atoms with Crippen molar-refractivity contribution in [2.45, 2.75) is 5.75 Å². The highest BCUT2D eigenvalue weighted by Crippen LogP contribution is 2.14. The number of halogens is 1. The predicted molar refractivity (Wildman–Crippen MR) is 40.9 cm³/mol. The van der Waals surface area contributed by atoms with Crippen LogP contribution in [-0.4, -0.2) is 9.78 Å². The molecule has 0 amide bonds. The van der Waals surface area contributed by atoms with Gasteiger partial charge in [0, 0.05) is 18.4 Å². The van der Waals surface area contributed by atoms with E-state index in [-0.39, 0.29) is 0 Å². The molecule has 0 aromatic carbocycles. The minimum Gasteiger partial charge on any atom is -0.257 e. The number of thiol groups is 1. The Kier molecular flexibility index (Phi) is 2.03. The molecule has 50 valence electrons. The Bertz CT molecular complexity index is 209. The highest BCUT2D eigenvalue weighted by Gasteiger charge is 2.01. The van der Waals surface area contributed by atoms with E-state index in [9.17, 15) is 0 Å². The van der Waals surface area contributed by atoms with E-state index in [2.05, 4.69) is 17.7 Å². The van der Waals surface area contributed by atoms with Gasteiger partial charge in [0.05, 0.1) is 6.20 Å². The van der Waals surface area contributed by atoms with Gasteiger partial charge in [-0.2, -0.15) is 17.7 Å². The second kappa shape index (κ2) is 2.62. The lowest BCUT2D eigenvalue weighted by Gasteiger charge is -1.90. The largest absolute Gasteiger partial charge is 0.257 e. The topological polar surface area (TPSA) is 17.8 Å². The number of aromatic nitrogens is 2. The molecule has 1 aromatic rings. The maximum absolute atomic E-state index is 5.76. The molecule has 1 heterocycles. The smallest absolute Gasteiger partial charge is 0.130 e. The molecule has 0 spiro atoms. The van der Waals surface area contributed by atoms with Crippen molar-refractivity contribution in [2.75, 3.05) is 0 Å². The second-order valence-electron chi connectivity index (χ2n) is 1.74. The first-order valence-corrected chi connectivity index (χ1v) is 3.54. The summed E-state index contributed by atoms with van der Waals surface area (Å²) in [6.45, 7) is 0. The van der Waals surface area contributed by atoms with E-state index in [1.807, 2.05) is 0 Å². The molecule has 0 atom stereocenters. The van der Waals surface area contributed by atoms with Crippen LogP contribution in [0.25, 0.3) is 0 Å².